The topological polar surface area (TPSA) is 59.8 Å². The van der Waals surface area contributed by atoms with Gasteiger partial charge in [0.05, 0.1) is 20.2 Å². The zero-order valence-electron chi connectivity index (χ0n) is 12.4. The van der Waals surface area contributed by atoms with Crippen LogP contribution in [-0.4, -0.2) is 38.2 Å². The summed E-state index contributed by atoms with van der Waals surface area (Å²) in [5.41, 5.74) is 2.56. The molecule has 0 fully saturated rings. The van der Waals surface area contributed by atoms with Gasteiger partial charge in [-0.15, -0.1) is 0 Å². The molecule has 5 nitrogen and oxygen atoms in total. The standard InChI is InChI=1S/C16H20N2O3/c1-12(15(19)17-16(20)21-2)18-10-8-14(9-11-18)13-6-4-3-5-7-13/h3-8,12H,9-11H2,1-2H3,(H,17,19,20)/p+1/t12-/m1/s1. The summed E-state index contributed by atoms with van der Waals surface area (Å²) in [5, 5.41) is 2.23. The van der Waals surface area contributed by atoms with Gasteiger partial charge < -0.3 is 9.64 Å². The van der Waals surface area contributed by atoms with Crippen LogP contribution < -0.4 is 10.2 Å². The molecule has 1 aliphatic rings. The molecule has 5 heteroatoms. The van der Waals surface area contributed by atoms with E-state index in [9.17, 15) is 9.59 Å². The summed E-state index contributed by atoms with van der Waals surface area (Å²) < 4.78 is 4.44. The van der Waals surface area contributed by atoms with E-state index < -0.39 is 6.09 Å². The van der Waals surface area contributed by atoms with Crippen LogP contribution in [0.25, 0.3) is 5.57 Å². The van der Waals surface area contributed by atoms with Crippen molar-refractivity contribution in [1.82, 2.24) is 5.32 Å². The second-order valence-electron chi connectivity index (χ2n) is 5.16. The number of hydrogen-bond donors (Lipinski definition) is 2. The minimum Gasteiger partial charge on any atom is -0.453 e. The van der Waals surface area contributed by atoms with Crippen molar-refractivity contribution in [2.75, 3.05) is 20.2 Å². The summed E-state index contributed by atoms with van der Waals surface area (Å²) in [6.07, 6.45) is 2.40. The maximum Gasteiger partial charge on any atom is 0.413 e. The summed E-state index contributed by atoms with van der Waals surface area (Å²) in [4.78, 5) is 24.1. The Kier molecular flexibility index (Phi) is 5.11. The molecule has 2 rings (SSSR count). The predicted octanol–water partition coefficient (Wildman–Crippen LogP) is 0.630. The van der Waals surface area contributed by atoms with Crippen molar-refractivity contribution in [3.8, 4) is 0 Å². The van der Waals surface area contributed by atoms with E-state index in [-0.39, 0.29) is 11.9 Å². The zero-order valence-corrected chi connectivity index (χ0v) is 12.4. The number of hydrogen-bond acceptors (Lipinski definition) is 3. The molecule has 1 aliphatic heterocycles. The van der Waals surface area contributed by atoms with Crippen molar-refractivity contribution >= 4 is 17.6 Å². The molecule has 0 saturated carbocycles. The lowest BCUT2D eigenvalue weighted by Crippen LogP contribution is -3.17. The molecule has 21 heavy (non-hydrogen) atoms. The summed E-state index contributed by atoms with van der Waals surface area (Å²) in [5.74, 6) is -0.298. The second kappa shape index (κ2) is 7.04. The van der Waals surface area contributed by atoms with E-state index in [4.69, 9.17) is 0 Å². The van der Waals surface area contributed by atoms with E-state index in [2.05, 4.69) is 28.3 Å². The summed E-state index contributed by atoms with van der Waals surface area (Å²) in [6.45, 7) is 3.48. The maximum atomic E-state index is 11.9. The van der Waals surface area contributed by atoms with Crippen LogP contribution in [0.15, 0.2) is 36.4 Å². The lowest BCUT2D eigenvalue weighted by molar-refractivity contribution is -0.909. The normalized spacial score (nSPS) is 19.3. The molecule has 2 atom stereocenters. The van der Waals surface area contributed by atoms with Crippen LogP contribution in [0.1, 0.15) is 18.9 Å². The van der Waals surface area contributed by atoms with Crippen molar-refractivity contribution in [3.05, 3.63) is 42.0 Å². The first-order valence-corrected chi connectivity index (χ1v) is 7.09. The highest BCUT2D eigenvalue weighted by molar-refractivity contribution is 5.93. The van der Waals surface area contributed by atoms with Gasteiger partial charge in [0.25, 0.3) is 5.91 Å². The SMILES string of the molecule is COC(=O)NC(=O)[C@@H](C)[NH+]1CC=C(c2ccccc2)CC1. The number of carbonyl (C=O) groups excluding carboxylic acids is 2. The lowest BCUT2D eigenvalue weighted by atomic mass is 9.99. The number of imide groups is 1. The molecule has 1 heterocycles. The molecule has 0 spiro atoms. The summed E-state index contributed by atoms with van der Waals surface area (Å²) >= 11 is 0. The zero-order chi connectivity index (χ0) is 15.2. The van der Waals surface area contributed by atoms with Gasteiger partial charge in [-0.05, 0) is 24.1 Å². The fraction of sp³-hybridized carbons (Fsp3) is 0.375. The van der Waals surface area contributed by atoms with Gasteiger partial charge in [0.15, 0.2) is 6.04 Å². The molecule has 112 valence electrons. The molecule has 1 unspecified atom stereocenters. The Morgan fingerprint density at radius 3 is 2.57 bits per heavy atom. The van der Waals surface area contributed by atoms with E-state index >= 15 is 0 Å². The van der Waals surface area contributed by atoms with E-state index in [0.717, 1.165) is 24.4 Å². The van der Waals surface area contributed by atoms with Crippen molar-refractivity contribution < 1.29 is 19.2 Å². The van der Waals surface area contributed by atoms with Crippen LogP contribution in [0.3, 0.4) is 0 Å². The third kappa shape index (κ3) is 3.92. The Morgan fingerprint density at radius 2 is 2.00 bits per heavy atom. The van der Waals surface area contributed by atoms with Crippen LogP contribution in [-0.2, 0) is 9.53 Å². The number of benzene rings is 1. The molecular formula is C16H21N2O3+. The fourth-order valence-electron chi connectivity index (χ4n) is 2.51. The number of amides is 2. The highest BCUT2D eigenvalue weighted by Gasteiger charge is 2.28. The number of ether oxygens (including phenoxy) is 1. The average Bonchev–Trinajstić information content (AvgIpc) is 2.55. The Balaban J connectivity index is 1.95. The van der Waals surface area contributed by atoms with Gasteiger partial charge in [0, 0.05) is 6.42 Å². The minimum atomic E-state index is -0.705. The van der Waals surface area contributed by atoms with E-state index in [1.54, 1.807) is 0 Å². The Morgan fingerprint density at radius 1 is 1.29 bits per heavy atom. The highest BCUT2D eigenvalue weighted by Crippen LogP contribution is 2.17. The van der Waals surface area contributed by atoms with E-state index in [1.807, 2.05) is 25.1 Å². The van der Waals surface area contributed by atoms with Gasteiger partial charge in [-0.3, -0.25) is 10.1 Å². The van der Waals surface area contributed by atoms with Crippen LogP contribution >= 0.6 is 0 Å². The Labute approximate surface area is 124 Å². The quantitative estimate of drug-likeness (QED) is 0.858. The van der Waals surface area contributed by atoms with Crippen LogP contribution in [0.2, 0.25) is 0 Å². The molecule has 2 N–H and O–H groups in total. The fourth-order valence-corrected chi connectivity index (χ4v) is 2.51. The Hall–Kier alpha value is -2.14. The number of nitrogens with one attached hydrogen (secondary N) is 2. The molecule has 1 aromatic rings. The Bertz CT molecular complexity index is 540. The van der Waals surface area contributed by atoms with Crippen LogP contribution in [0.4, 0.5) is 4.79 Å². The maximum absolute atomic E-state index is 11.9. The van der Waals surface area contributed by atoms with E-state index in [1.165, 1.54) is 18.2 Å². The molecule has 1 aromatic carbocycles. The molecule has 0 aromatic heterocycles. The predicted molar refractivity (Wildman–Crippen MR) is 79.7 cm³/mol. The summed E-state index contributed by atoms with van der Waals surface area (Å²) in [7, 11) is 1.25. The first-order chi connectivity index (χ1) is 10.1. The van der Waals surface area contributed by atoms with Gasteiger partial charge in [-0.2, -0.15) is 0 Å². The number of alkyl carbamates (subject to hydrolysis) is 1. The van der Waals surface area contributed by atoms with Crippen LogP contribution in [0, 0.1) is 0 Å². The van der Waals surface area contributed by atoms with Crippen molar-refractivity contribution in [1.29, 1.82) is 0 Å². The van der Waals surface area contributed by atoms with Gasteiger partial charge in [-0.1, -0.05) is 30.3 Å². The molecule has 0 saturated heterocycles. The van der Waals surface area contributed by atoms with Crippen LogP contribution in [0.5, 0.6) is 0 Å². The summed E-state index contributed by atoms with van der Waals surface area (Å²) in [6, 6.07) is 9.99. The average molecular weight is 289 g/mol. The van der Waals surface area contributed by atoms with Crippen molar-refractivity contribution in [2.45, 2.75) is 19.4 Å². The van der Waals surface area contributed by atoms with Gasteiger partial charge in [0.1, 0.15) is 0 Å². The van der Waals surface area contributed by atoms with E-state index in [0.29, 0.717) is 0 Å². The van der Waals surface area contributed by atoms with Crippen molar-refractivity contribution in [2.24, 2.45) is 0 Å². The van der Waals surface area contributed by atoms with Gasteiger partial charge in [-0.25, -0.2) is 4.79 Å². The molecule has 0 aliphatic carbocycles. The molecule has 0 radical (unpaired) electrons. The van der Waals surface area contributed by atoms with Gasteiger partial charge >= 0.3 is 6.09 Å². The molecule has 0 bridgehead atoms. The molecular weight excluding hydrogens is 268 g/mol. The number of quaternary nitrogens is 1. The second-order valence-corrected chi connectivity index (χ2v) is 5.16. The largest absolute Gasteiger partial charge is 0.453 e. The number of carbonyl (C=O) groups is 2. The van der Waals surface area contributed by atoms with Crippen molar-refractivity contribution in [3.63, 3.8) is 0 Å². The third-order valence-corrected chi connectivity index (χ3v) is 3.89. The number of rotatable bonds is 3. The smallest absolute Gasteiger partial charge is 0.413 e. The minimum absolute atomic E-state index is 0.280. The molecule has 2 amide bonds. The lowest BCUT2D eigenvalue weighted by Gasteiger charge is -2.28. The van der Waals surface area contributed by atoms with Gasteiger partial charge in [0.2, 0.25) is 0 Å². The first-order valence-electron chi connectivity index (χ1n) is 7.09. The number of methoxy groups -OCH3 is 1. The first kappa shape index (κ1) is 15.3. The third-order valence-electron chi connectivity index (χ3n) is 3.89. The monoisotopic (exact) mass is 289 g/mol. The highest BCUT2D eigenvalue weighted by atomic mass is 16.5.